The maximum absolute atomic E-state index is 13.1. The predicted molar refractivity (Wildman–Crippen MR) is 101 cm³/mol. The number of fused-ring (bicyclic) bond motifs is 1. The van der Waals surface area contributed by atoms with Crippen molar-refractivity contribution in [3.05, 3.63) is 113 Å². The van der Waals surface area contributed by atoms with Crippen LogP contribution >= 0.6 is 0 Å². The minimum Gasteiger partial charge on any atom is -0.754 e. The lowest BCUT2D eigenvalue weighted by atomic mass is 9.84. The molecule has 0 amide bonds. The Morgan fingerprint density at radius 3 is 1.73 bits per heavy atom. The second kappa shape index (κ2) is 6.43. The van der Waals surface area contributed by atoms with Gasteiger partial charge in [-0.15, -0.1) is 0 Å². The second-order valence-corrected chi connectivity index (χ2v) is 5.92. The van der Waals surface area contributed by atoms with Crippen molar-refractivity contribution in [1.29, 1.82) is 0 Å². The average Bonchev–Trinajstić information content (AvgIpc) is 2.71. The Labute approximate surface area is 150 Å². The SMILES string of the molecule is O=C1C(c2ccccc2)=C(N([O-])c2ccccc2)C(=O)c2ccccc21. The van der Waals surface area contributed by atoms with Crippen molar-refractivity contribution in [3.63, 3.8) is 0 Å². The Kier molecular flexibility index (Phi) is 3.95. The summed E-state index contributed by atoms with van der Waals surface area (Å²) in [5.74, 6) is -0.768. The number of anilines is 1. The molecule has 0 fully saturated rings. The van der Waals surface area contributed by atoms with Crippen molar-refractivity contribution >= 4 is 22.8 Å². The molecular weight excluding hydrogens is 326 g/mol. The molecule has 0 N–H and O–H groups in total. The van der Waals surface area contributed by atoms with Gasteiger partial charge in [-0.2, -0.15) is 0 Å². The Morgan fingerprint density at radius 1 is 0.615 bits per heavy atom. The van der Waals surface area contributed by atoms with Crippen LogP contribution in [0.1, 0.15) is 26.3 Å². The molecule has 0 atom stereocenters. The zero-order valence-corrected chi connectivity index (χ0v) is 13.8. The highest BCUT2D eigenvalue weighted by molar-refractivity contribution is 6.41. The van der Waals surface area contributed by atoms with E-state index in [2.05, 4.69) is 0 Å². The Hall–Kier alpha value is -3.50. The number of hydrogen-bond acceptors (Lipinski definition) is 4. The maximum atomic E-state index is 13.1. The standard InChI is InChI=1S/C22H14NO3/c24-21-17-13-7-8-14-18(17)22(25)20(19(21)15-9-3-1-4-10-15)23(26)16-11-5-2-6-12-16/h1-14H/q-1. The van der Waals surface area contributed by atoms with Crippen LogP contribution < -0.4 is 5.06 Å². The lowest BCUT2D eigenvalue weighted by Gasteiger charge is -2.36. The summed E-state index contributed by atoms with van der Waals surface area (Å²) in [6.07, 6.45) is 0. The van der Waals surface area contributed by atoms with Gasteiger partial charge in [-0.1, -0.05) is 72.8 Å². The lowest BCUT2D eigenvalue weighted by molar-refractivity contribution is 0.0990. The fraction of sp³-hybridized carbons (Fsp3) is 0. The number of nitrogens with zero attached hydrogens (tertiary/aromatic N) is 1. The van der Waals surface area contributed by atoms with Gasteiger partial charge in [0.25, 0.3) is 0 Å². The molecule has 1 aliphatic carbocycles. The number of ketones is 2. The molecule has 0 radical (unpaired) electrons. The van der Waals surface area contributed by atoms with Crippen LogP contribution in [0.4, 0.5) is 5.69 Å². The van der Waals surface area contributed by atoms with Crippen LogP contribution in [0.15, 0.2) is 90.6 Å². The third-order valence-corrected chi connectivity index (χ3v) is 4.35. The van der Waals surface area contributed by atoms with Gasteiger partial charge in [-0.05, 0) is 17.7 Å². The number of para-hydroxylation sites is 1. The first-order chi connectivity index (χ1) is 12.7. The molecule has 4 heteroatoms. The lowest BCUT2D eigenvalue weighted by Crippen LogP contribution is -2.30. The van der Waals surface area contributed by atoms with Crippen LogP contribution in [0.5, 0.6) is 0 Å². The highest BCUT2D eigenvalue weighted by Gasteiger charge is 2.33. The van der Waals surface area contributed by atoms with Crippen molar-refractivity contribution in [2.24, 2.45) is 0 Å². The molecule has 126 valence electrons. The molecule has 0 aromatic heterocycles. The van der Waals surface area contributed by atoms with Gasteiger partial charge in [0.2, 0.25) is 5.78 Å². The predicted octanol–water partition coefficient (Wildman–Crippen LogP) is 4.48. The second-order valence-electron chi connectivity index (χ2n) is 5.92. The van der Waals surface area contributed by atoms with Crippen LogP contribution in [0.2, 0.25) is 0 Å². The summed E-state index contributed by atoms with van der Waals surface area (Å²) in [4.78, 5) is 26.2. The molecule has 26 heavy (non-hydrogen) atoms. The summed E-state index contributed by atoms with van der Waals surface area (Å²) in [6, 6.07) is 23.9. The van der Waals surface area contributed by atoms with Gasteiger partial charge in [-0.25, -0.2) is 0 Å². The smallest absolute Gasteiger partial charge is 0.210 e. The summed E-state index contributed by atoms with van der Waals surface area (Å²) in [7, 11) is 0. The number of rotatable bonds is 3. The molecule has 4 rings (SSSR count). The summed E-state index contributed by atoms with van der Waals surface area (Å²) in [6.45, 7) is 0. The molecule has 1 aliphatic rings. The van der Waals surface area contributed by atoms with Crippen LogP contribution in [-0.2, 0) is 0 Å². The van der Waals surface area contributed by atoms with Crippen molar-refractivity contribution < 1.29 is 9.59 Å². The molecule has 3 aromatic rings. The highest BCUT2D eigenvalue weighted by Crippen LogP contribution is 2.35. The van der Waals surface area contributed by atoms with E-state index in [4.69, 9.17) is 0 Å². The quantitative estimate of drug-likeness (QED) is 0.660. The van der Waals surface area contributed by atoms with E-state index < -0.39 is 5.78 Å². The van der Waals surface area contributed by atoms with E-state index in [0.29, 0.717) is 21.9 Å². The molecule has 3 aromatic carbocycles. The van der Waals surface area contributed by atoms with Crippen LogP contribution in [-0.4, -0.2) is 11.6 Å². The summed E-state index contributed by atoms with van der Waals surface area (Å²) >= 11 is 0. The first-order valence-corrected chi connectivity index (χ1v) is 8.19. The molecule has 0 aliphatic heterocycles. The number of Topliss-reactive ketones (excluding diaryl/α,β-unsaturated/α-hetero) is 2. The zero-order chi connectivity index (χ0) is 18.1. The normalized spacial score (nSPS) is 13.6. The van der Waals surface area contributed by atoms with E-state index in [1.165, 1.54) is 0 Å². The fourth-order valence-corrected chi connectivity index (χ4v) is 3.12. The van der Waals surface area contributed by atoms with E-state index in [9.17, 15) is 14.8 Å². The van der Waals surface area contributed by atoms with Gasteiger partial charge in [-0.3, -0.25) is 9.59 Å². The van der Waals surface area contributed by atoms with E-state index in [0.717, 1.165) is 0 Å². The van der Waals surface area contributed by atoms with E-state index in [1.807, 2.05) is 6.07 Å². The average molecular weight is 340 g/mol. The molecule has 0 heterocycles. The van der Waals surface area contributed by atoms with E-state index >= 15 is 0 Å². The summed E-state index contributed by atoms with van der Waals surface area (Å²) in [5, 5.41) is 13.6. The fourth-order valence-electron chi connectivity index (χ4n) is 3.12. The maximum Gasteiger partial charge on any atom is 0.210 e. The highest BCUT2D eigenvalue weighted by atomic mass is 16.5. The van der Waals surface area contributed by atoms with Gasteiger partial charge < -0.3 is 10.3 Å². The van der Waals surface area contributed by atoms with Crippen molar-refractivity contribution in [3.8, 4) is 0 Å². The molecule has 0 saturated heterocycles. The number of hydrogen-bond donors (Lipinski definition) is 0. The molecule has 4 nitrogen and oxygen atoms in total. The Bertz CT molecular complexity index is 1020. The first kappa shape index (κ1) is 16.0. The van der Waals surface area contributed by atoms with Crippen molar-refractivity contribution in [2.75, 3.05) is 5.06 Å². The number of carbonyl (C=O) groups is 2. The largest absolute Gasteiger partial charge is 0.754 e. The minimum absolute atomic E-state index is 0.133. The van der Waals surface area contributed by atoms with Gasteiger partial charge >= 0.3 is 0 Å². The Morgan fingerprint density at radius 2 is 1.12 bits per heavy atom. The topological polar surface area (TPSA) is 60.4 Å². The van der Waals surface area contributed by atoms with Gasteiger partial charge in [0.05, 0.1) is 11.3 Å². The van der Waals surface area contributed by atoms with Crippen LogP contribution in [0.25, 0.3) is 5.57 Å². The van der Waals surface area contributed by atoms with Crippen molar-refractivity contribution in [1.82, 2.24) is 0 Å². The molecule has 0 spiro atoms. The Balaban J connectivity index is 1.98. The van der Waals surface area contributed by atoms with Crippen LogP contribution in [0.3, 0.4) is 0 Å². The van der Waals surface area contributed by atoms with E-state index in [-0.39, 0.29) is 22.6 Å². The number of allylic oxidation sites excluding steroid dienone is 2. The minimum atomic E-state index is -0.446. The summed E-state index contributed by atoms with van der Waals surface area (Å²) < 4.78 is 0. The van der Waals surface area contributed by atoms with Gasteiger partial charge in [0.1, 0.15) is 0 Å². The number of carbonyl (C=O) groups excluding carboxylic acids is 2. The molecule has 0 unspecified atom stereocenters. The third-order valence-electron chi connectivity index (χ3n) is 4.35. The zero-order valence-electron chi connectivity index (χ0n) is 13.8. The number of benzene rings is 3. The third kappa shape index (κ3) is 2.53. The van der Waals surface area contributed by atoms with Gasteiger partial charge in [0, 0.05) is 16.8 Å². The van der Waals surface area contributed by atoms with E-state index in [1.54, 1.807) is 78.9 Å². The summed E-state index contributed by atoms with van der Waals surface area (Å²) in [5.41, 5.74) is 1.41. The molecule has 0 saturated carbocycles. The van der Waals surface area contributed by atoms with Gasteiger partial charge in [0.15, 0.2) is 5.78 Å². The molecular formula is C22H14NO3-. The number of hydroxylamine groups is 1. The molecule has 0 bridgehead atoms. The van der Waals surface area contributed by atoms with Crippen molar-refractivity contribution in [2.45, 2.75) is 0 Å². The first-order valence-electron chi connectivity index (χ1n) is 8.19. The van der Waals surface area contributed by atoms with Crippen LogP contribution in [0, 0.1) is 5.21 Å². The monoisotopic (exact) mass is 340 g/mol.